The van der Waals surface area contributed by atoms with Gasteiger partial charge in [-0.05, 0) is 122 Å². The van der Waals surface area contributed by atoms with E-state index in [1.807, 2.05) is 0 Å². The minimum absolute atomic E-state index is 0.109. The van der Waals surface area contributed by atoms with Crippen LogP contribution in [0.25, 0.3) is 0 Å². The Labute approximate surface area is 501 Å². The molecule has 0 rings (SSSR count). The third-order valence-corrected chi connectivity index (χ3v) is 14.4. The molecular weight excluding hydrogens is 997 g/mol. The van der Waals surface area contributed by atoms with Crippen molar-refractivity contribution in [2.24, 2.45) is 0 Å². The first kappa shape index (κ1) is 76.8. The summed E-state index contributed by atoms with van der Waals surface area (Å²) in [5, 5.41) is 0. The van der Waals surface area contributed by atoms with Crippen molar-refractivity contribution >= 4 is 17.9 Å². The predicted molar refractivity (Wildman–Crippen MR) is 353 cm³/mol. The van der Waals surface area contributed by atoms with E-state index in [9.17, 15) is 14.4 Å². The molecule has 0 saturated carbocycles. The monoisotopic (exact) mass is 1120 g/mol. The Morgan fingerprint density at radius 1 is 0.259 bits per heavy atom. The summed E-state index contributed by atoms with van der Waals surface area (Å²) in [5.74, 6) is -0.986. The van der Waals surface area contributed by atoms with Gasteiger partial charge in [-0.15, -0.1) is 0 Å². The van der Waals surface area contributed by atoms with Gasteiger partial charge in [0.25, 0.3) is 0 Å². The van der Waals surface area contributed by atoms with E-state index in [4.69, 9.17) is 14.2 Å². The SMILES string of the molecule is CC/C=C\C/C=C\C/C=C\C/C=C\C/C=C\CCCC(=O)OC(COC(=O)CCCCCC/C=C\C/C=C\C/C=C\C/C=C\CC)COC(=O)CCCCCCCCCCCCCCCCCCC/C=C\CCCCCCCCCC. The summed E-state index contributed by atoms with van der Waals surface area (Å²) < 4.78 is 16.9. The lowest BCUT2D eigenvalue weighted by Gasteiger charge is -2.18. The normalized spacial score (nSPS) is 12.9. The van der Waals surface area contributed by atoms with Crippen LogP contribution in [0.15, 0.2) is 122 Å². The molecule has 0 saturated heterocycles. The number of ether oxygens (including phenoxy) is 3. The van der Waals surface area contributed by atoms with Crippen LogP contribution in [0.1, 0.15) is 316 Å². The van der Waals surface area contributed by atoms with E-state index >= 15 is 0 Å². The lowest BCUT2D eigenvalue weighted by molar-refractivity contribution is -0.167. The Hall–Kier alpha value is -4.19. The van der Waals surface area contributed by atoms with Crippen molar-refractivity contribution in [3.8, 4) is 0 Å². The van der Waals surface area contributed by atoms with E-state index in [1.54, 1.807) is 0 Å². The van der Waals surface area contributed by atoms with Crippen LogP contribution in [0, 0.1) is 0 Å². The molecule has 6 heteroatoms. The highest BCUT2D eigenvalue weighted by atomic mass is 16.6. The quantitative estimate of drug-likeness (QED) is 0.0261. The fourth-order valence-corrected chi connectivity index (χ4v) is 9.41. The number of carbonyl (C=O) groups excluding carboxylic acids is 3. The van der Waals surface area contributed by atoms with E-state index in [-0.39, 0.29) is 37.5 Å². The number of hydrogen-bond acceptors (Lipinski definition) is 6. The molecule has 0 radical (unpaired) electrons. The second-order valence-corrected chi connectivity index (χ2v) is 22.3. The van der Waals surface area contributed by atoms with Crippen molar-refractivity contribution in [1.29, 1.82) is 0 Å². The summed E-state index contributed by atoms with van der Waals surface area (Å²) in [6, 6.07) is 0. The summed E-state index contributed by atoms with van der Waals surface area (Å²) in [4.78, 5) is 38.4. The number of carbonyl (C=O) groups is 3. The Morgan fingerprint density at radius 3 is 0.802 bits per heavy atom. The molecule has 1 atom stereocenters. The van der Waals surface area contributed by atoms with Gasteiger partial charge in [-0.25, -0.2) is 0 Å². The van der Waals surface area contributed by atoms with Crippen LogP contribution in [0.2, 0.25) is 0 Å². The number of unbranched alkanes of at least 4 members (excludes halogenated alkanes) is 30. The molecule has 0 N–H and O–H groups in total. The molecule has 81 heavy (non-hydrogen) atoms. The van der Waals surface area contributed by atoms with Crippen LogP contribution in [0.4, 0.5) is 0 Å². The molecule has 462 valence electrons. The van der Waals surface area contributed by atoms with Gasteiger partial charge in [0.15, 0.2) is 6.10 Å². The third-order valence-electron chi connectivity index (χ3n) is 14.4. The van der Waals surface area contributed by atoms with E-state index in [0.29, 0.717) is 19.3 Å². The van der Waals surface area contributed by atoms with Gasteiger partial charge in [0.2, 0.25) is 0 Å². The molecule has 1 unspecified atom stereocenters. The van der Waals surface area contributed by atoms with Gasteiger partial charge in [-0.2, -0.15) is 0 Å². The van der Waals surface area contributed by atoms with Gasteiger partial charge in [0.1, 0.15) is 13.2 Å². The van der Waals surface area contributed by atoms with Crippen LogP contribution < -0.4 is 0 Å². The first-order chi connectivity index (χ1) is 40.0. The number of rotatable bonds is 61. The summed E-state index contributed by atoms with van der Waals surface area (Å²) >= 11 is 0. The molecule has 0 aliphatic heterocycles. The Bertz CT molecular complexity index is 1670. The van der Waals surface area contributed by atoms with Crippen molar-refractivity contribution in [2.45, 2.75) is 322 Å². The van der Waals surface area contributed by atoms with Gasteiger partial charge >= 0.3 is 17.9 Å². The average Bonchev–Trinajstić information content (AvgIpc) is 3.47. The fourth-order valence-electron chi connectivity index (χ4n) is 9.41. The zero-order chi connectivity index (χ0) is 58.5. The molecule has 0 aliphatic rings. The lowest BCUT2D eigenvalue weighted by Crippen LogP contribution is -2.30. The fraction of sp³-hybridized carbons (Fsp3) is 0.693. The average molecular weight is 1120 g/mol. The zero-order valence-electron chi connectivity index (χ0n) is 53.0. The summed E-state index contributed by atoms with van der Waals surface area (Å²) in [6.07, 6.45) is 95.2. The van der Waals surface area contributed by atoms with Crippen LogP contribution in [0.3, 0.4) is 0 Å². The molecule has 0 amide bonds. The number of esters is 3. The maximum atomic E-state index is 12.9. The van der Waals surface area contributed by atoms with Gasteiger partial charge in [0, 0.05) is 19.3 Å². The second-order valence-electron chi connectivity index (χ2n) is 22.3. The molecular formula is C75H126O6. The molecule has 0 heterocycles. The van der Waals surface area contributed by atoms with Gasteiger partial charge in [-0.1, -0.05) is 296 Å². The minimum atomic E-state index is -0.822. The standard InChI is InChI=1S/C75H126O6/c1-4-7-10-13-16-19-22-25-28-31-32-33-34-35-36-37-38-39-40-41-42-45-47-50-53-56-59-62-65-68-74(77)80-71-72(81-75(78)69-66-63-60-57-54-51-48-44-30-27-24-21-18-15-12-9-6-3)70-79-73(76)67-64-61-58-55-52-49-46-43-29-26-23-20-17-14-11-8-5-2/h8-9,11-12,17-18,20-21,26-27,29-32,46,48-49,51,57,60,72H,4-7,10,13-16,19,22-25,28,33-45,47,50,52-56,58-59,61-71H2,1-3H3/b11-8-,12-9-,20-17-,21-18-,29-26-,30-27-,32-31-,49-46-,51-48-,60-57-. The molecule has 0 bridgehead atoms. The predicted octanol–water partition coefficient (Wildman–Crippen LogP) is 23.6. The van der Waals surface area contributed by atoms with Crippen LogP contribution >= 0.6 is 0 Å². The molecule has 0 aliphatic carbocycles. The van der Waals surface area contributed by atoms with Crippen LogP contribution in [-0.2, 0) is 28.6 Å². The van der Waals surface area contributed by atoms with E-state index in [0.717, 1.165) is 116 Å². The summed E-state index contributed by atoms with van der Waals surface area (Å²) in [7, 11) is 0. The molecule has 0 fully saturated rings. The number of allylic oxidation sites excluding steroid dienone is 20. The maximum Gasteiger partial charge on any atom is 0.306 e. The topological polar surface area (TPSA) is 78.9 Å². The highest BCUT2D eigenvalue weighted by Gasteiger charge is 2.19. The molecule has 0 aromatic heterocycles. The van der Waals surface area contributed by atoms with Crippen molar-refractivity contribution in [1.82, 2.24) is 0 Å². The lowest BCUT2D eigenvalue weighted by atomic mass is 10.0. The van der Waals surface area contributed by atoms with Crippen molar-refractivity contribution in [3.05, 3.63) is 122 Å². The van der Waals surface area contributed by atoms with E-state index in [2.05, 4.69) is 142 Å². The third kappa shape index (κ3) is 66.5. The van der Waals surface area contributed by atoms with E-state index < -0.39 is 6.10 Å². The minimum Gasteiger partial charge on any atom is -0.462 e. The maximum absolute atomic E-state index is 12.9. The Kier molecular flexibility index (Phi) is 64.8. The van der Waals surface area contributed by atoms with Crippen molar-refractivity contribution in [2.75, 3.05) is 13.2 Å². The smallest absolute Gasteiger partial charge is 0.306 e. The molecule has 6 nitrogen and oxygen atoms in total. The summed E-state index contributed by atoms with van der Waals surface area (Å²) in [5.41, 5.74) is 0. The van der Waals surface area contributed by atoms with Gasteiger partial charge in [0.05, 0.1) is 0 Å². The van der Waals surface area contributed by atoms with Crippen molar-refractivity contribution < 1.29 is 28.6 Å². The van der Waals surface area contributed by atoms with E-state index in [1.165, 1.54) is 154 Å². The van der Waals surface area contributed by atoms with Crippen LogP contribution in [0.5, 0.6) is 0 Å². The Morgan fingerprint density at radius 2 is 0.494 bits per heavy atom. The van der Waals surface area contributed by atoms with Gasteiger partial charge in [-0.3, -0.25) is 14.4 Å². The second kappa shape index (κ2) is 68.3. The largest absolute Gasteiger partial charge is 0.462 e. The summed E-state index contributed by atoms with van der Waals surface area (Å²) in [6.45, 7) is 6.37. The first-order valence-electron chi connectivity index (χ1n) is 34.0. The Balaban J connectivity index is 4.34. The van der Waals surface area contributed by atoms with Crippen LogP contribution in [-0.4, -0.2) is 37.2 Å². The highest BCUT2D eigenvalue weighted by molar-refractivity contribution is 5.71. The highest BCUT2D eigenvalue weighted by Crippen LogP contribution is 2.17. The first-order valence-corrected chi connectivity index (χ1v) is 34.0. The molecule has 0 spiro atoms. The number of hydrogen-bond donors (Lipinski definition) is 0. The molecule has 0 aromatic carbocycles. The van der Waals surface area contributed by atoms with Crippen molar-refractivity contribution in [3.63, 3.8) is 0 Å². The van der Waals surface area contributed by atoms with Gasteiger partial charge < -0.3 is 14.2 Å². The molecule has 0 aromatic rings. The zero-order valence-corrected chi connectivity index (χ0v) is 53.0.